The fourth-order valence-electron chi connectivity index (χ4n) is 13.6. The molecule has 3 aliphatic rings. The van der Waals surface area contributed by atoms with Crippen molar-refractivity contribution in [2.24, 2.45) is 0 Å². The van der Waals surface area contributed by atoms with Gasteiger partial charge >= 0.3 is 0 Å². The molecule has 73 heavy (non-hydrogen) atoms. The fraction of sp³-hybridized carbons (Fsp3) is 0.0571. The molecule has 3 heteroatoms. The minimum atomic E-state index is -0.505. The molecule has 0 saturated heterocycles. The van der Waals surface area contributed by atoms with Gasteiger partial charge in [-0.15, -0.1) is 0 Å². The van der Waals surface area contributed by atoms with Crippen LogP contribution in [0.4, 0.5) is 17.1 Å². The quantitative estimate of drug-likeness (QED) is 0.172. The summed E-state index contributed by atoms with van der Waals surface area (Å²) in [7, 11) is 0. The molecule has 1 spiro atoms. The number of hydrogen-bond acceptors (Lipinski definition) is 3. The van der Waals surface area contributed by atoms with Crippen molar-refractivity contribution >= 4 is 60.9 Å². The van der Waals surface area contributed by atoms with E-state index in [1.54, 1.807) is 0 Å². The van der Waals surface area contributed by atoms with E-state index in [4.69, 9.17) is 8.83 Å². The highest BCUT2D eigenvalue weighted by Crippen LogP contribution is 2.64. The molecule has 0 bridgehead atoms. The molecule has 0 aliphatic heterocycles. The van der Waals surface area contributed by atoms with Gasteiger partial charge in [0, 0.05) is 38.5 Å². The Morgan fingerprint density at radius 3 is 1.63 bits per heavy atom. The Balaban J connectivity index is 0.985. The molecule has 0 amide bonds. The Hall–Kier alpha value is -9.18. The lowest BCUT2D eigenvalue weighted by Crippen LogP contribution is -2.26. The van der Waals surface area contributed by atoms with Crippen molar-refractivity contribution < 1.29 is 8.83 Å². The van der Waals surface area contributed by atoms with Crippen molar-refractivity contribution in [1.29, 1.82) is 0 Å². The van der Waals surface area contributed by atoms with Crippen LogP contribution in [0.2, 0.25) is 0 Å². The number of furan rings is 2. The number of hydrogen-bond donors (Lipinski definition) is 0. The van der Waals surface area contributed by atoms with Crippen LogP contribution in [0, 0.1) is 0 Å². The van der Waals surface area contributed by atoms with Crippen LogP contribution in [0.5, 0.6) is 0 Å². The van der Waals surface area contributed by atoms with E-state index in [1.807, 2.05) is 0 Å². The maximum absolute atomic E-state index is 7.36. The largest absolute Gasteiger partial charge is 0.456 e. The van der Waals surface area contributed by atoms with E-state index in [-0.39, 0.29) is 5.41 Å². The summed E-state index contributed by atoms with van der Waals surface area (Å²) < 4.78 is 14.3. The summed E-state index contributed by atoms with van der Waals surface area (Å²) in [6.45, 7) is 4.70. The Kier molecular flexibility index (Phi) is 8.16. The lowest BCUT2D eigenvalue weighted by molar-refractivity contribution is 0.660. The monoisotopic (exact) mass is 931 g/mol. The van der Waals surface area contributed by atoms with E-state index in [9.17, 15) is 0 Å². The number of rotatable bonds is 5. The van der Waals surface area contributed by atoms with Gasteiger partial charge in [0.2, 0.25) is 0 Å². The van der Waals surface area contributed by atoms with Gasteiger partial charge in [-0.25, -0.2) is 0 Å². The molecule has 3 nitrogen and oxygen atoms in total. The van der Waals surface area contributed by atoms with Gasteiger partial charge in [0.15, 0.2) is 0 Å². The standard InChI is InChI=1S/C70H45NO2/c1-69(2)55-27-11-6-22-47(55)51-36-34-44(39-59(51)69)65-67-53-26-10-15-32-62(53)72-64(67)41-54-66-61(31-17-33-63(66)73-68(54)65)71(45-21-16-20-43(38-45)42-18-4-3-5-19-42)46-35-37-52-50-25-9-14-30-58(50)70(60(52)40-46)56-28-12-7-23-48(56)49-24-8-13-29-57(49)70/h3-41H,1-2H3. The van der Waals surface area contributed by atoms with Crippen LogP contribution < -0.4 is 4.90 Å². The summed E-state index contributed by atoms with van der Waals surface area (Å²) >= 11 is 0. The first kappa shape index (κ1) is 40.5. The Morgan fingerprint density at radius 2 is 0.890 bits per heavy atom. The third-order valence-electron chi connectivity index (χ3n) is 16.7. The number of anilines is 3. The molecule has 0 saturated carbocycles. The molecule has 0 radical (unpaired) electrons. The van der Waals surface area contributed by atoms with E-state index in [0.29, 0.717) is 0 Å². The van der Waals surface area contributed by atoms with Gasteiger partial charge in [-0.2, -0.15) is 0 Å². The lowest BCUT2D eigenvalue weighted by atomic mass is 9.70. The van der Waals surface area contributed by atoms with Crippen molar-refractivity contribution in [3.05, 3.63) is 270 Å². The van der Waals surface area contributed by atoms with Crippen molar-refractivity contribution in [3.8, 4) is 55.6 Å². The zero-order valence-electron chi connectivity index (χ0n) is 40.3. The summed E-state index contributed by atoms with van der Waals surface area (Å²) in [4.78, 5) is 2.46. The zero-order valence-corrected chi connectivity index (χ0v) is 40.3. The van der Waals surface area contributed by atoms with Crippen molar-refractivity contribution in [2.45, 2.75) is 24.7 Å². The molecule has 0 unspecified atom stereocenters. The van der Waals surface area contributed by atoms with Crippen LogP contribution in [-0.4, -0.2) is 0 Å². The molecule has 2 aromatic heterocycles. The minimum Gasteiger partial charge on any atom is -0.456 e. The van der Waals surface area contributed by atoms with E-state index in [2.05, 4.69) is 255 Å². The highest BCUT2D eigenvalue weighted by Gasteiger charge is 2.51. The van der Waals surface area contributed by atoms with Crippen molar-refractivity contribution in [3.63, 3.8) is 0 Å². The van der Waals surface area contributed by atoms with Crippen molar-refractivity contribution in [1.82, 2.24) is 0 Å². The predicted molar refractivity (Wildman–Crippen MR) is 300 cm³/mol. The highest BCUT2D eigenvalue weighted by atomic mass is 16.3. The number of nitrogens with zero attached hydrogens (tertiary/aromatic N) is 1. The first-order valence-electron chi connectivity index (χ1n) is 25.4. The van der Waals surface area contributed by atoms with E-state index in [1.165, 1.54) is 66.8 Å². The number of para-hydroxylation sites is 1. The average Bonchev–Trinajstić information content (AvgIpc) is 4.23. The summed E-state index contributed by atoms with van der Waals surface area (Å²) in [6.07, 6.45) is 0. The van der Waals surface area contributed by atoms with E-state index < -0.39 is 5.41 Å². The Labute approximate surface area is 422 Å². The molecular weight excluding hydrogens is 887 g/mol. The molecular formula is C70H45NO2. The van der Waals surface area contributed by atoms with Crippen molar-refractivity contribution in [2.75, 3.05) is 4.90 Å². The molecule has 0 fully saturated rings. The Bertz CT molecular complexity index is 4430. The predicted octanol–water partition coefficient (Wildman–Crippen LogP) is 18.9. The minimum absolute atomic E-state index is 0.179. The Morgan fingerprint density at radius 1 is 0.329 bits per heavy atom. The molecule has 11 aromatic carbocycles. The average molecular weight is 932 g/mol. The highest BCUT2D eigenvalue weighted by molar-refractivity contribution is 6.25. The molecule has 16 rings (SSSR count). The second-order valence-corrected chi connectivity index (χ2v) is 20.7. The maximum atomic E-state index is 7.36. The van der Waals surface area contributed by atoms with Gasteiger partial charge in [-0.3, -0.25) is 0 Å². The fourth-order valence-corrected chi connectivity index (χ4v) is 13.6. The molecule has 0 N–H and O–H groups in total. The SMILES string of the molecule is CC1(C)c2ccccc2-c2ccc(-c3c4oc5cccc(N(c6cccc(-c7ccccc7)c6)c6ccc7c(c6)C6(c8ccccc8-c8ccccc86)c6ccccc6-7)c5c4cc4oc5ccccc5c34)cc21. The van der Waals surface area contributed by atoms with Crippen LogP contribution in [0.25, 0.3) is 99.5 Å². The third kappa shape index (κ3) is 5.38. The summed E-state index contributed by atoms with van der Waals surface area (Å²) in [5, 5.41) is 4.16. The van der Waals surface area contributed by atoms with Gasteiger partial charge in [-0.05, 0) is 138 Å². The topological polar surface area (TPSA) is 29.5 Å². The van der Waals surface area contributed by atoms with Crippen LogP contribution in [0.1, 0.15) is 47.2 Å². The van der Waals surface area contributed by atoms with E-state index in [0.717, 1.165) is 83.2 Å². The normalized spacial score (nSPS) is 14.1. The molecule has 13 aromatic rings. The summed E-state index contributed by atoms with van der Waals surface area (Å²) in [5.74, 6) is 0. The van der Waals surface area contributed by atoms with Crippen LogP contribution in [-0.2, 0) is 10.8 Å². The first-order valence-corrected chi connectivity index (χ1v) is 25.4. The van der Waals surface area contributed by atoms with Crippen LogP contribution in [0.3, 0.4) is 0 Å². The van der Waals surface area contributed by atoms with Gasteiger partial charge in [0.1, 0.15) is 22.3 Å². The summed E-state index contributed by atoms with van der Waals surface area (Å²) in [5.41, 5.74) is 25.9. The van der Waals surface area contributed by atoms with E-state index >= 15 is 0 Å². The molecule has 342 valence electrons. The van der Waals surface area contributed by atoms with Gasteiger partial charge < -0.3 is 13.7 Å². The van der Waals surface area contributed by atoms with Crippen LogP contribution in [0.15, 0.2) is 245 Å². The second kappa shape index (κ2) is 14.7. The molecule has 2 heterocycles. The smallest absolute Gasteiger partial charge is 0.144 e. The maximum Gasteiger partial charge on any atom is 0.144 e. The number of benzene rings is 11. The zero-order chi connectivity index (χ0) is 48.2. The second-order valence-electron chi connectivity index (χ2n) is 20.7. The van der Waals surface area contributed by atoms with Gasteiger partial charge in [0.25, 0.3) is 0 Å². The third-order valence-corrected chi connectivity index (χ3v) is 16.7. The molecule has 3 aliphatic carbocycles. The van der Waals surface area contributed by atoms with Gasteiger partial charge in [0.05, 0.1) is 16.5 Å². The lowest BCUT2D eigenvalue weighted by Gasteiger charge is -2.32. The number of fused-ring (bicyclic) bond motifs is 19. The molecule has 0 atom stereocenters. The summed E-state index contributed by atoms with van der Waals surface area (Å²) in [6, 6.07) is 87.1. The van der Waals surface area contributed by atoms with Crippen LogP contribution >= 0.6 is 0 Å². The van der Waals surface area contributed by atoms with Gasteiger partial charge in [-0.1, -0.05) is 196 Å². The first-order chi connectivity index (χ1) is 36.0.